The van der Waals surface area contributed by atoms with Crippen molar-refractivity contribution >= 4 is 11.6 Å². The van der Waals surface area contributed by atoms with Gasteiger partial charge in [-0.15, -0.1) is 10.2 Å². The summed E-state index contributed by atoms with van der Waals surface area (Å²) in [5, 5.41) is 15.2. The highest BCUT2D eigenvalue weighted by Crippen LogP contribution is 2.15. The maximum atomic E-state index is 12.4. The fourth-order valence-corrected chi connectivity index (χ4v) is 2.76. The molecule has 0 aromatic carbocycles. The number of hydrogen-bond acceptors (Lipinski definition) is 6. The van der Waals surface area contributed by atoms with E-state index in [1.165, 1.54) is 12.3 Å². The van der Waals surface area contributed by atoms with Crippen LogP contribution in [0.25, 0.3) is 17.1 Å². The average Bonchev–Trinajstić information content (AvgIpc) is 3.33. The minimum absolute atomic E-state index is 0.214. The molecule has 27 heavy (non-hydrogen) atoms. The van der Waals surface area contributed by atoms with Crippen molar-refractivity contribution < 1.29 is 9.21 Å². The van der Waals surface area contributed by atoms with Gasteiger partial charge in [0, 0.05) is 12.3 Å². The molecule has 0 saturated heterocycles. The summed E-state index contributed by atoms with van der Waals surface area (Å²) >= 11 is 0. The third-order valence-electron chi connectivity index (χ3n) is 4.04. The Morgan fingerprint density at radius 1 is 1.19 bits per heavy atom. The van der Waals surface area contributed by atoms with Crippen LogP contribution >= 0.6 is 0 Å². The van der Waals surface area contributed by atoms with Gasteiger partial charge in [0.2, 0.25) is 5.91 Å². The first-order valence-corrected chi connectivity index (χ1v) is 8.33. The Balaban J connectivity index is 1.51. The van der Waals surface area contributed by atoms with Crippen LogP contribution in [0.15, 0.2) is 64.1 Å². The van der Waals surface area contributed by atoms with Crippen LogP contribution in [0.1, 0.15) is 18.8 Å². The van der Waals surface area contributed by atoms with E-state index in [-0.39, 0.29) is 24.1 Å². The zero-order chi connectivity index (χ0) is 18.8. The third-order valence-corrected chi connectivity index (χ3v) is 4.04. The predicted octanol–water partition coefficient (Wildman–Crippen LogP) is 1.42. The highest BCUT2D eigenvalue weighted by atomic mass is 16.3. The molecule has 0 saturated carbocycles. The van der Waals surface area contributed by atoms with Crippen LogP contribution in [0.4, 0.5) is 0 Å². The topological polar surface area (TPSA) is 107 Å². The van der Waals surface area contributed by atoms with Crippen LogP contribution in [0, 0.1) is 0 Å². The largest absolute Gasteiger partial charge is 0.463 e. The number of amides is 1. The molecule has 1 amide bonds. The summed E-state index contributed by atoms with van der Waals surface area (Å²) in [5.41, 5.74) is 0.794. The van der Waals surface area contributed by atoms with E-state index in [0.29, 0.717) is 22.9 Å². The van der Waals surface area contributed by atoms with Gasteiger partial charge in [0.15, 0.2) is 17.2 Å². The van der Waals surface area contributed by atoms with Crippen molar-refractivity contribution in [2.75, 3.05) is 0 Å². The van der Waals surface area contributed by atoms with Crippen LogP contribution in [-0.4, -0.2) is 30.3 Å². The number of rotatable bonds is 5. The van der Waals surface area contributed by atoms with Crippen molar-refractivity contribution in [3.8, 4) is 11.5 Å². The molecule has 0 fully saturated rings. The lowest BCUT2D eigenvalue weighted by molar-refractivity contribution is -0.122. The van der Waals surface area contributed by atoms with E-state index in [9.17, 15) is 9.59 Å². The van der Waals surface area contributed by atoms with Gasteiger partial charge in [0.25, 0.3) is 5.56 Å². The van der Waals surface area contributed by atoms with E-state index >= 15 is 0 Å². The molecule has 0 radical (unpaired) electrons. The second-order valence-corrected chi connectivity index (χ2v) is 5.97. The summed E-state index contributed by atoms with van der Waals surface area (Å²) in [5.74, 6) is 0.762. The summed E-state index contributed by atoms with van der Waals surface area (Å²) in [7, 11) is 0. The number of carbonyl (C=O) groups is 1. The number of nitrogens with one attached hydrogen (secondary N) is 1. The standard InChI is InChI=1S/C18H16N6O3/c1-12(18-21-20-15-6-2-3-9-23(15)18)19-16(25)11-24-17(26)8-7-13(22-24)14-5-4-10-27-14/h2-10,12H,11H2,1H3,(H,19,25). The lowest BCUT2D eigenvalue weighted by atomic mass is 10.3. The van der Waals surface area contributed by atoms with Crippen molar-refractivity contribution in [3.63, 3.8) is 0 Å². The SMILES string of the molecule is CC(NC(=O)Cn1nc(-c2ccco2)ccc1=O)c1nnc2ccccn12. The highest BCUT2D eigenvalue weighted by Gasteiger charge is 2.17. The van der Waals surface area contributed by atoms with Crippen molar-refractivity contribution in [1.82, 2.24) is 29.7 Å². The molecule has 4 rings (SSSR count). The smallest absolute Gasteiger partial charge is 0.267 e. The van der Waals surface area contributed by atoms with Gasteiger partial charge in [-0.3, -0.25) is 14.0 Å². The van der Waals surface area contributed by atoms with E-state index in [2.05, 4.69) is 20.6 Å². The average molecular weight is 364 g/mol. The maximum Gasteiger partial charge on any atom is 0.267 e. The predicted molar refractivity (Wildman–Crippen MR) is 95.7 cm³/mol. The van der Waals surface area contributed by atoms with Crippen LogP contribution in [0.2, 0.25) is 0 Å². The van der Waals surface area contributed by atoms with Gasteiger partial charge in [-0.05, 0) is 37.3 Å². The Morgan fingerprint density at radius 2 is 2.07 bits per heavy atom. The molecule has 4 heterocycles. The van der Waals surface area contributed by atoms with Gasteiger partial charge in [-0.25, -0.2) is 4.68 Å². The van der Waals surface area contributed by atoms with Crippen LogP contribution in [0.5, 0.6) is 0 Å². The molecule has 0 aliphatic rings. The molecule has 0 aliphatic heterocycles. The first-order chi connectivity index (χ1) is 13.1. The fourth-order valence-electron chi connectivity index (χ4n) is 2.76. The molecule has 4 aromatic rings. The number of carbonyl (C=O) groups excluding carboxylic acids is 1. The summed E-state index contributed by atoms with van der Waals surface area (Å²) < 4.78 is 8.17. The van der Waals surface area contributed by atoms with E-state index in [0.717, 1.165) is 4.68 Å². The summed E-state index contributed by atoms with van der Waals surface area (Å²) in [6, 6.07) is 11.5. The second kappa shape index (κ2) is 6.87. The quantitative estimate of drug-likeness (QED) is 0.574. The van der Waals surface area contributed by atoms with E-state index in [1.807, 2.05) is 24.4 Å². The molecule has 1 unspecified atom stereocenters. The second-order valence-electron chi connectivity index (χ2n) is 5.97. The number of pyridine rings is 1. The van der Waals surface area contributed by atoms with Crippen molar-refractivity contribution in [3.05, 3.63) is 71.1 Å². The minimum Gasteiger partial charge on any atom is -0.463 e. The van der Waals surface area contributed by atoms with Gasteiger partial charge >= 0.3 is 0 Å². The van der Waals surface area contributed by atoms with Gasteiger partial charge in [-0.2, -0.15) is 5.10 Å². The lowest BCUT2D eigenvalue weighted by Crippen LogP contribution is -2.35. The van der Waals surface area contributed by atoms with Crippen molar-refractivity contribution in [2.45, 2.75) is 19.5 Å². The minimum atomic E-state index is -0.390. The number of furan rings is 1. The van der Waals surface area contributed by atoms with Gasteiger partial charge < -0.3 is 9.73 Å². The van der Waals surface area contributed by atoms with Crippen molar-refractivity contribution in [1.29, 1.82) is 0 Å². The Kier molecular flexibility index (Phi) is 4.25. The number of nitrogens with zero attached hydrogens (tertiary/aromatic N) is 5. The first-order valence-electron chi connectivity index (χ1n) is 8.33. The fraction of sp³-hybridized carbons (Fsp3) is 0.167. The Labute approximate surface area is 153 Å². The van der Waals surface area contributed by atoms with E-state index < -0.39 is 0 Å². The third kappa shape index (κ3) is 3.34. The molecular formula is C18H16N6O3. The van der Waals surface area contributed by atoms with Gasteiger partial charge in [-0.1, -0.05) is 6.07 Å². The van der Waals surface area contributed by atoms with Crippen molar-refractivity contribution in [2.24, 2.45) is 0 Å². The summed E-state index contributed by atoms with van der Waals surface area (Å²) in [4.78, 5) is 24.4. The maximum absolute atomic E-state index is 12.4. The number of aromatic nitrogens is 5. The normalized spacial score (nSPS) is 12.2. The highest BCUT2D eigenvalue weighted by molar-refractivity contribution is 5.76. The first kappa shape index (κ1) is 16.7. The monoisotopic (exact) mass is 364 g/mol. The number of fused-ring (bicyclic) bond motifs is 1. The van der Waals surface area contributed by atoms with Gasteiger partial charge in [0.1, 0.15) is 12.2 Å². The van der Waals surface area contributed by atoms with Crippen LogP contribution in [0.3, 0.4) is 0 Å². The molecule has 136 valence electrons. The van der Waals surface area contributed by atoms with Crippen LogP contribution in [-0.2, 0) is 11.3 Å². The molecule has 1 atom stereocenters. The van der Waals surface area contributed by atoms with E-state index in [4.69, 9.17) is 4.42 Å². The molecule has 0 aliphatic carbocycles. The Bertz CT molecular complexity index is 1150. The molecule has 0 bridgehead atoms. The molecule has 4 aromatic heterocycles. The zero-order valence-electron chi connectivity index (χ0n) is 14.4. The molecule has 9 nitrogen and oxygen atoms in total. The zero-order valence-corrected chi connectivity index (χ0v) is 14.4. The molecule has 9 heteroatoms. The van der Waals surface area contributed by atoms with Crippen LogP contribution < -0.4 is 10.9 Å². The summed E-state index contributed by atoms with van der Waals surface area (Å²) in [6.45, 7) is 1.59. The van der Waals surface area contributed by atoms with E-state index in [1.54, 1.807) is 29.5 Å². The molecule has 1 N–H and O–H groups in total. The molecule has 0 spiro atoms. The summed E-state index contributed by atoms with van der Waals surface area (Å²) in [6.07, 6.45) is 3.34. The van der Waals surface area contributed by atoms with Gasteiger partial charge in [0.05, 0.1) is 12.3 Å². The Hall–Kier alpha value is -3.75. The number of hydrogen-bond donors (Lipinski definition) is 1. The lowest BCUT2D eigenvalue weighted by Gasteiger charge is -2.13. The Morgan fingerprint density at radius 3 is 2.89 bits per heavy atom. The molecular weight excluding hydrogens is 348 g/mol.